The number of aryl methyl sites for hydroxylation is 2. The van der Waals surface area contributed by atoms with E-state index in [1.54, 1.807) is 22.0 Å². The Morgan fingerprint density at radius 1 is 1.54 bits per heavy atom. The van der Waals surface area contributed by atoms with Gasteiger partial charge in [0.15, 0.2) is 5.13 Å². The van der Waals surface area contributed by atoms with Gasteiger partial charge >= 0.3 is 0 Å². The van der Waals surface area contributed by atoms with Crippen molar-refractivity contribution in [2.24, 2.45) is 0 Å². The van der Waals surface area contributed by atoms with Crippen LogP contribution in [0.25, 0.3) is 0 Å². The van der Waals surface area contributed by atoms with Gasteiger partial charge in [-0.05, 0) is 19.5 Å². The third-order valence-electron chi connectivity index (χ3n) is 4.00. The predicted molar refractivity (Wildman–Crippen MR) is 93.3 cm³/mol. The molecule has 0 bridgehead atoms. The summed E-state index contributed by atoms with van der Waals surface area (Å²) < 4.78 is 7.62. The van der Waals surface area contributed by atoms with Gasteiger partial charge in [-0.15, -0.1) is 11.3 Å². The largest absolute Gasteiger partial charge is 0.374 e. The van der Waals surface area contributed by atoms with E-state index in [1.807, 2.05) is 18.5 Å². The highest BCUT2D eigenvalue weighted by Crippen LogP contribution is 2.20. The monoisotopic (exact) mass is 349 g/mol. The van der Waals surface area contributed by atoms with Crippen molar-refractivity contribution in [3.8, 4) is 0 Å². The van der Waals surface area contributed by atoms with Crippen molar-refractivity contribution in [1.82, 2.24) is 19.7 Å². The van der Waals surface area contributed by atoms with Gasteiger partial charge in [-0.25, -0.2) is 4.98 Å². The van der Waals surface area contributed by atoms with Crippen LogP contribution in [-0.2, 0) is 16.1 Å². The lowest BCUT2D eigenvalue weighted by Crippen LogP contribution is -2.47. The van der Waals surface area contributed by atoms with Gasteiger partial charge in [0.05, 0.1) is 25.5 Å². The molecule has 0 spiro atoms. The summed E-state index contributed by atoms with van der Waals surface area (Å²) in [4.78, 5) is 21.1. The Labute approximate surface area is 145 Å². The lowest BCUT2D eigenvalue weighted by molar-refractivity contribution is -0.119. The van der Waals surface area contributed by atoms with E-state index in [-0.39, 0.29) is 12.0 Å². The molecule has 1 unspecified atom stereocenters. The number of carbonyl (C=O) groups is 1. The second-order valence-electron chi connectivity index (χ2n) is 6.10. The van der Waals surface area contributed by atoms with Gasteiger partial charge < -0.3 is 9.64 Å². The molecule has 130 valence electrons. The van der Waals surface area contributed by atoms with Gasteiger partial charge in [0.2, 0.25) is 5.91 Å². The molecule has 1 amide bonds. The first-order chi connectivity index (χ1) is 11.6. The SMILES string of the molecule is Cc1cnn(CCC(=O)N(CC2CN(C)CCO2)c2nccs2)c1. The molecule has 0 aliphatic carbocycles. The second-order valence-corrected chi connectivity index (χ2v) is 6.98. The van der Waals surface area contributed by atoms with Gasteiger partial charge in [0.1, 0.15) is 0 Å². The fourth-order valence-corrected chi connectivity index (χ4v) is 3.42. The molecule has 7 nitrogen and oxygen atoms in total. The van der Waals surface area contributed by atoms with E-state index in [1.165, 1.54) is 11.3 Å². The number of likely N-dealkylation sites (N-methyl/N-ethyl adjacent to an activating group) is 1. The first-order valence-corrected chi connectivity index (χ1v) is 8.99. The normalized spacial score (nSPS) is 18.7. The summed E-state index contributed by atoms with van der Waals surface area (Å²) >= 11 is 1.48. The van der Waals surface area contributed by atoms with Crippen LogP contribution < -0.4 is 4.90 Å². The molecule has 1 aliphatic heterocycles. The van der Waals surface area contributed by atoms with E-state index in [2.05, 4.69) is 22.0 Å². The standard InChI is InChI=1S/C16H23N5O2S/c1-13-9-18-20(10-13)5-3-15(22)21(16-17-4-8-24-16)12-14-11-19(2)6-7-23-14/h4,8-10,14H,3,5-7,11-12H2,1-2H3. The number of carbonyl (C=O) groups excluding carboxylic acids is 1. The molecule has 0 radical (unpaired) electrons. The molecular formula is C16H23N5O2S. The van der Waals surface area contributed by atoms with Crippen molar-refractivity contribution in [1.29, 1.82) is 0 Å². The zero-order valence-corrected chi connectivity index (χ0v) is 14.9. The average Bonchev–Trinajstić information content (AvgIpc) is 3.22. The lowest BCUT2D eigenvalue weighted by atomic mass is 10.2. The number of hydrogen-bond donors (Lipinski definition) is 0. The van der Waals surface area contributed by atoms with Crippen molar-refractivity contribution in [2.45, 2.75) is 26.0 Å². The third-order valence-corrected chi connectivity index (χ3v) is 4.79. The van der Waals surface area contributed by atoms with E-state index in [0.29, 0.717) is 26.1 Å². The summed E-state index contributed by atoms with van der Waals surface area (Å²) in [6.45, 7) is 5.56. The Balaban J connectivity index is 1.64. The smallest absolute Gasteiger partial charge is 0.230 e. The van der Waals surface area contributed by atoms with Gasteiger partial charge in [-0.3, -0.25) is 14.4 Å². The summed E-state index contributed by atoms with van der Waals surface area (Å²) in [5.41, 5.74) is 1.10. The molecule has 3 rings (SSSR count). The molecule has 0 aromatic carbocycles. The summed E-state index contributed by atoms with van der Waals surface area (Å²) in [5.74, 6) is 0.0509. The zero-order chi connectivity index (χ0) is 16.9. The number of aromatic nitrogens is 3. The lowest BCUT2D eigenvalue weighted by Gasteiger charge is -2.33. The van der Waals surface area contributed by atoms with Crippen LogP contribution in [0.1, 0.15) is 12.0 Å². The van der Waals surface area contributed by atoms with Gasteiger partial charge in [0, 0.05) is 43.8 Å². The Kier molecular flexibility index (Phi) is 5.60. The predicted octanol–water partition coefficient (Wildman–Crippen LogP) is 1.40. The topological polar surface area (TPSA) is 63.5 Å². The number of rotatable bonds is 6. The molecule has 1 saturated heterocycles. The molecule has 0 saturated carbocycles. The molecule has 1 fully saturated rings. The minimum absolute atomic E-state index is 0.0172. The fraction of sp³-hybridized carbons (Fsp3) is 0.562. The van der Waals surface area contributed by atoms with Crippen molar-refractivity contribution in [2.75, 3.05) is 38.2 Å². The zero-order valence-electron chi connectivity index (χ0n) is 14.1. The number of amides is 1. The molecule has 0 N–H and O–H groups in total. The molecule has 2 aromatic rings. The molecule has 1 atom stereocenters. The maximum Gasteiger partial charge on any atom is 0.230 e. The van der Waals surface area contributed by atoms with E-state index in [4.69, 9.17) is 4.74 Å². The molecule has 24 heavy (non-hydrogen) atoms. The first-order valence-electron chi connectivity index (χ1n) is 8.11. The highest BCUT2D eigenvalue weighted by molar-refractivity contribution is 7.13. The van der Waals surface area contributed by atoms with Crippen LogP contribution in [-0.4, -0.2) is 65.0 Å². The molecule has 2 aromatic heterocycles. The van der Waals surface area contributed by atoms with Crippen molar-refractivity contribution in [3.05, 3.63) is 29.5 Å². The van der Waals surface area contributed by atoms with E-state index in [9.17, 15) is 4.79 Å². The Morgan fingerprint density at radius 2 is 2.42 bits per heavy atom. The van der Waals surface area contributed by atoms with Crippen LogP contribution in [0.4, 0.5) is 5.13 Å². The second kappa shape index (κ2) is 7.87. The number of thiazole rings is 1. The molecule has 8 heteroatoms. The third kappa shape index (κ3) is 4.40. The fourth-order valence-electron chi connectivity index (χ4n) is 2.75. The number of ether oxygens (including phenoxy) is 1. The minimum Gasteiger partial charge on any atom is -0.374 e. The van der Waals surface area contributed by atoms with E-state index < -0.39 is 0 Å². The number of hydrogen-bond acceptors (Lipinski definition) is 6. The van der Waals surface area contributed by atoms with Gasteiger partial charge in [0.25, 0.3) is 0 Å². The van der Waals surface area contributed by atoms with Crippen molar-refractivity contribution < 1.29 is 9.53 Å². The first kappa shape index (κ1) is 17.1. The summed E-state index contributed by atoms with van der Waals surface area (Å²) in [5, 5.41) is 6.86. The van der Waals surface area contributed by atoms with Crippen LogP contribution in [0.2, 0.25) is 0 Å². The van der Waals surface area contributed by atoms with Gasteiger partial charge in [-0.2, -0.15) is 5.10 Å². The summed E-state index contributed by atoms with van der Waals surface area (Å²) in [6, 6.07) is 0. The van der Waals surface area contributed by atoms with Crippen molar-refractivity contribution in [3.63, 3.8) is 0 Å². The van der Waals surface area contributed by atoms with Crippen LogP contribution in [0.3, 0.4) is 0 Å². The Hall–Kier alpha value is -1.77. The average molecular weight is 349 g/mol. The van der Waals surface area contributed by atoms with E-state index in [0.717, 1.165) is 23.8 Å². The summed E-state index contributed by atoms with van der Waals surface area (Å²) in [6.07, 6.45) is 5.88. The number of anilines is 1. The maximum absolute atomic E-state index is 12.8. The molecule has 1 aliphatic rings. The highest BCUT2D eigenvalue weighted by atomic mass is 32.1. The number of nitrogens with zero attached hydrogens (tertiary/aromatic N) is 5. The van der Waals surface area contributed by atoms with Gasteiger partial charge in [-0.1, -0.05) is 0 Å². The Morgan fingerprint density at radius 3 is 3.08 bits per heavy atom. The van der Waals surface area contributed by atoms with Crippen LogP contribution >= 0.6 is 11.3 Å². The van der Waals surface area contributed by atoms with Crippen LogP contribution in [0.5, 0.6) is 0 Å². The maximum atomic E-state index is 12.8. The molecular weight excluding hydrogens is 326 g/mol. The summed E-state index contributed by atoms with van der Waals surface area (Å²) in [7, 11) is 2.07. The van der Waals surface area contributed by atoms with Crippen LogP contribution in [0.15, 0.2) is 24.0 Å². The van der Waals surface area contributed by atoms with Crippen LogP contribution in [0, 0.1) is 6.92 Å². The quantitative estimate of drug-likeness (QED) is 0.789. The van der Waals surface area contributed by atoms with E-state index >= 15 is 0 Å². The minimum atomic E-state index is 0.0172. The van der Waals surface area contributed by atoms with Crippen molar-refractivity contribution >= 4 is 22.4 Å². The highest BCUT2D eigenvalue weighted by Gasteiger charge is 2.25. The Bertz CT molecular complexity index is 657. The molecule has 3 heterocycles. The number of morpholine rings is 1.